The Morgan fingerprint density at radius 2 is 1.15 bits per heavy atom. The molecule has 340 valence electrons. The van der Waals surface area contributed by atoms with Crippen LogP contribution in [0.25, 0.3) is 0 Å². The van der Waals surface area contributed by atoms with Crippen molar-refractivity contribution in [1.29, 1.82) is 0 Å². The number of anilines is 3. The summed E-state index contributed by atoms with van der Waals surface area (Å²) in [5.41, 5.74) is 5.64. The molecule has 0 bridgehead atoms. The van der Waals surface area contributed by atoms with Crippen LogP contribution in [0.3, 0.4) is 0 Å². The Morgan fingerprint density at radius 1 is 0.695 bits per heavy atom. The first-order chi connectivity index (χ1) is 28.7. The van der Waals surface area contributed by atoms with E-state index in [-0.39, 0.29) is 44.0 Å². The molecule has 2 unspecified atom stereocenters. The maximum atomic E-state index is 12.8. The molecular weight excluding hydrogens is 779 g/mol. The first-order valence-electron chi connectivity index (χ1n) is 22.9. The predicted molar refractivity (Wildman–Crippen MR) is 233 cm³/mol. The van der Waals surface area contributed by atoms with E-state index in [2.05, 4.69) is 30.1 Å². The van der Waals surface area contributed by atoms with Gasteiger partial charge in [-0.05, 0) is 18.9 Å². The Bertz CT molecular complexity index is 1340. The third kappa shape index (κ3) is 26.1. The van der Waals surface area contributed by atoms with Crippen LogP contribution in [-0.4, -0.2) is 54.2 Å². The molecule has 1 aliphatic heterocycles. The number of nitrogens with one attached hydrogen (secondary N) is 3. The SMILES string of the molecule is CCCCCCCCCCCCCCCC(=O)OCC(COP(=O)(O)OCCNc1ccc([N+](=O)[O-])c2c1NON2)OC(=O)CCCCCCCCCCCCCCC. The zero-order valence-corrected chi connectivity index (χ0v) is 37.2. The molecule has 1 heterocycles. The number of unbranched alkanes of at least 4 members (excludes halogenated alkanes) is 24. The van der Waals surface area contributed by atoms with Crippen molar-refractivity contribution >= 4 is 42.5 Å². The highest BCUT2D eigenvalue weighted by atomic mass is 31.2. The number of benzene rings is 1. The number of rotatable bonds is 40. The molecule has 15 nitrogen and oxygen atoms in total. The topological polar surface area (TPSA) is 197 Å². The fraction of sp³-hybridized carbons (Fsp3) is 0.814. The number of hydrogen-bond acceptors (Lipinski definition) is 13. The summed E-state index contributed by atoms with van der Waals surface area (Å²) in [6.45, 7) is 3.42. The van der Waals surface area contributed by atoms with Gasteiger partial charge in [0, 0.05) is 25.5 Å². The summed E-state index contributed by atoms with van der Waals surface area (Å²) in [4.78, 5) is 51.3. The molecule has 0 amide bonds. The van der Waals surface area contributed by atoms with Gasteiger partial charge in [-0.25, -0.2) is 15.5 Å². The average Bonchev–Trinajstić information content (AvgIpc) is 3.71. The number of nitro groups is 1. The number of fused-ring (bicyclic) bond motifs is 1. The van der Waals surface area contributed by atoms with Crippen LogP contribution < -0.4 is 16.3 Å². The van der Waals surface area contributed by atoms with E-state index in [0.717, 1.165) is 38.5 Å². The normalized spacial score (nSPS) is 13.5. The largest absolute Gasteiger partial charge is 0.472 e. The molecule has 1 aromatic rings. The van der Waals surface area contributed by atoms with E-state index < -0.39 is 37.4 Å². The highest BCUT2D eigenvalue weighted by molar-refractivity contribution is 7.47. The van der Waals surface area contributed by atoms with Gasteiger partial charge in [0.2, 0.25) is 0 Å². The van der Waals surface area contributed by atoms with Gasteiger partial charge in [0.1, 0.15) is 12.3 Å². The molecule has 0 saturated carbocycles. The number of phosphoric ester groups is 1. The lowest BCUT2D eigenvalue weighted by atomic mass is 10.0. The molecule has 4 N–H and O–H groups in total. The number of ether oxygens (including phenoxy) is 2. The monoisotopic (exact) mass is 857 g/mol. The Kier molecular flexibility index (Phi) is 29.8. The number of phosphoric acid groups is 1. The summed E-state index contributed by atoms with van der Waals surface area (Å²) < 4.78 is 34.0. The fourth-order valence-corrected chi connectivity index (χ4v) is 7.73. The molecule has 1 aromatic carbocycles. The minimum Gasteiger partial charge on any atom is -0.462 e. The van der Waals surface area contributed by atoms with Crippen LogP contribution in [0.1, 0.15) is 194 Å². The second-order valence-electron chi connectivity index (χ2n) is 15.8. The fourth-order valence-electron chi connectivity index (χ4n) is 6.98. The van der Waals surface area contributed by atoms with Gasteiger partial charge in [-0.2, -0.15) is 4.94 Å². The van der Waals surface area contributed by atoms with Crippen LogP contribution in [0.15, 0.2) is 12.1 Å². The Balaban J connectivity index is 1.72. The van der Waals surface area contributed by atoms with E-state index in [1.54, 1.807) is 0 Å². The van der Waals surface area contributed by atoms with Gasteiger partial charge in [-0.15, -0.1) is 0 Å². The predicted octanol–water partition coefficient (Wildman–Crippen LogP) is 12.2. The lowest BCUT2D eigenvalue weighted by molar-refractivity contribution is -0.384. The summed E-state index contributed by atoms with van der Waals surface area (Å²) in [5.74, 6) is -0.914. The molecule has 16 heteroatoms. The molecule has 59 heavy (non-hydrogen) atoms. The maximum Gasteiger partial charge on any atom is 0.472 e. The summed E-state index contributed by atoms with van der Waals surface area (Å²) in [6, 6.07) is 2.75. The molecular formula is C43H77N4O11P. The van der Waals surface area contributed by atoms with Gasteiger partial charge in [-0.3, -0.25) is 28.8 Å². The van der Waals surface area contributed by atoms with Crippen molar-refractivity contribution in [1.82, 2.24) is 0 Å². The molecule has 0 fully saturated rings. The van der Waals surface area contributed by atoms with Crippen molar-refractivity contribution in [2.24, 2.45) is 0 Å². The summed E-state index contributed by atoms with van der Waals surface area (Å²) in [6.07, 6.45) is 30.3. The smallest absolute Gasteiger partial charge is 0.462 e. The van der Waals surface area contributed by atoms with Crippen molar-refractivity contribution in [3.8, 4) is 0 Å². The summed E-state index contributed by atoms with van der Waals surface area (Å²) in [5, 5.41) is 14.2. The lowest BCUT2D eigenvalue weighted by Crippen LogP contribution is -2.29. The van der Waals surface area contributed by atoms with Crippen molar-refractivity contribution in [3.05, 3.63) is 22.2 Å². The third-order valence-electron chi connectivity index (χ3n) is 10.5. The number of carbonyl (C=O) groups is 2. The van der Waals surface area contributed by atoms with Crippen LogP contribution in [0.2, 0.25) is 0 Å². The Morgan fingerprint density at radius 3 is 1.64 bits per heavy atom. The Hall–Kier alpha value is -2.97. The minimum absolute atomic E-state index is 0.0359. The van der Waals surface area contributed by atoms with Gasteiger partial charge in [-0.1, -0.05) is 168 Å². The number of nitrogens with zero attached hydrogens (tertiary/aromatic N) is 1. The molecule has 0 aromatic heterocycles. The van der Waals surface area contributed by atoms with Gasteiger partial charge in [0.25, 0.3) is 5.69 Å². The van der Waals surface area contributed by atoms with Crippen LogP contribution in [0, 0.1) is 10.1 Å². The zero-order valence-electron chi connectivity index (χ0n) is 36.3. The first-order valence-corrected chi connectivity index (χ1v) is 24.4. The molecule has 0 aliphatic carbocycles. The van der Waals surface area contributed by atoms with E-state index in [9.17, 15) is 29.2 Å². The van der Waals surface area contributed by atoms with E-state index in [0.29, 0.717) is 24.2 Å². The average molecular weight is 857 g/mol. The van der Waals surface area contributed by atoms with Gasteiger partial charge >= 0.3 is 19.8 Å². The molecule has 0 saturated heterocycles. The van der Waals surface area contributed by atoms with Gasteiger partial charge in [0.15, 0.2) is 11.8 Å². The van der Waals surface area contributed by atoms with Crippen LogP contribution in [0.4, 0.5) is 22.7 Å². The summed E-state index contributed by atoms with van der Waals surface area (Å²) >= 11 is 0. The second kappa shape index (κ2) is 33.7. The number of nitro benzene ring substituents is 1. The maximum absolute atomic E-state index is 12.8. The quantitative estimate of drug-likeness (QED) is 0.0160. The van der Waals surface area contributed by atoms with Crippen molar-refractivity contribution in [2.75, 3.05) is 42.6 Å². The highest BCUT2D eigenvalue weighted by Gasteiger charge is 2.28. The minimum atomic E-state index is -4.60. The van der Waals surface area contributed by atoms with Crippen LogP contribution in [0.5, 0.6) is 0 Å². The molecule has 1 aliphatic rings. The van der Waals surface area contributed by atoms with Crippen molar-refractivity contribution in [2.45, 2.75) is 200 Å². The zero-order chi connectivity index (χ0) is 42.8. The van der Waals surface area contributed by atoms with E-state index in [4.69, 9.17) is 23.5 Å². The lowest BCUT2D eigenvalue weighted by Gasteiger charge is -2.20. The Labute approximate surface area is 353 Å². The standard InChI is InChI=1S/C43H77N4O11P/c1-3-5-7-9-11-13-15-17-19-21-23-25-27-29-40(48)54-35-37(57-41(49)30-28-26-24-22-20-18-16-14-12-10-8-6-4-2)36-56-59(52,53)55-34-33-44-38-31-32-39(47(50)51)43-42(38)45-58-46-43/h31-32,37,44-46H,3-30,33-36H2,1-2H3,(H,52,53). The summed E-state index contributed by atoms with van der Waals surface area (Å²) in [7, 11) is -4.60. The van der Waals surface area contributed by atoms with Crippen molar-refractivity contribution in [3.63, 3.8) is 0 Å². The van der Waals surface area contributed by atoms with Gasteiger partial charge < -0.3 is 19.7 Å². The van der Waals surface area contributed by atoms with E-state index in [1.807, 2.05) is 0 Å². The highest BCUT2D eigenvalue weighted by Crippen LogP contribution is 2.44. The van der Waals surface area contributed by atoms with Crippen LogP contribution >= 0.6 is 7.82 Å². The molecule has 2 atom stereocenters. The molecule has 2 rings (SSSR count). The molecule has 0 radical (unpaired) electrons. The number of carbonyl (C=O) groups excluding carboxylic acids is 2. The van der Waals surface area contributed by atoms with Crippen LogP contribution in [-0.2, 0) is 37.6 Å². The van der Waals surface area contributed by atoms with Gasteiger partial charge in [0.05, 0.1) is 23.8 Å². The van der Waals surface area contributed by atoms with E-state index >= 15 is 0 Å². The second-order valence-corrected chi connectivity index (χ2v) is 17.2. The van der Waals surface area contributed by atoms with E-state index in [1.165, 1.54) is 128 Å². The number of hydrogen-bond donors (Lipinski definition) is 4. The van der Waals surface area contributed by atoms with Crippen molar-refractivity contribution < 1.29 is 47.4 Å². The number of esters is 2. The first kappa shape index (κ1) is 52.2. The third-order valence-corrected chi connectivity index (χ3v) is 11.5. The molecule has 0 spiro atoms.